The first-order valence-electron chi connectivity index (χ1n) is 6.70. The molecule has 4 heteroatoms. The average molecular weight is 349 g/mol. The molecule has 1 aliphatic heterocycles. The van der Waals surface area contributed by atoms with E-state index in [4.69, 9.17) is 4.74 Å². The summed E-state index contributed by atoms with van der Waals surface area (Å²) in [4.78, 5) is 14.8. The van der Waals surface area contributed by atoms with E-state index >= 15 is 0 Å². The Bertz CT molecular complexity index is 301. The van der Waals surface area contributed by atoms with E-state index in [1.807, 2.05) is 0 Å². The zero-order chi connectivity index (χ0) is 11.9. The zero-order valence-electron chi connectivity index (χ0n) is 10.2. The SMILES string of the molecule is O=C(N1CCOCC1)C12CCC(I)(CC1)CC2. The number of carbonyl (C=O) groups is 1. The molecular weight excluding hydrogens is 329 g/mol. The van der Waals surface area contributed by atoms with Gasteiger partial charge in [0.25, 0.3) is 0 Å². The number of ether oxygens (including phenoxy) is 1. The smallest absolute Gasteiger partial charge is 0.228 e. The predicted molar refractivity (Wildman–Crippen MR) is 74.3 cm³/mol. The second-order valence-corrected chi connectivity index (χ2v) is 8.12. The molecule has 0 N–H and O–H groups in total. The van der Waals surface area contributed by atoms with Gasteiger partial charge in [0.15, 0.2) is 0 Å². The van der Waals surface area contributed by atoms with Gasteiger partial charge in [-0.25, -0.2) is 0 Å². The Morgan fingerprint density at radius 2 is 1.53 bits per heavy atom. The summed E-state index contributed by atoms with van der Waals surface area (Å²) >= 11 is 2.63. The van der Waals surface area contributed by atoms with E-state index in [9.17, 15) is 4.79 Å². The highest BCUT2D eigenvalue weighted by molar-refractivity contribution is 14.1. The maximum Gasteiger partial charge on any atom is 0.228 e. The lowest BCUT2D eigenvalue weighted by Crippen LogP contribution is -2.54. The molecule has 3 nitrogen and oxygen atoms in total. The summed E-state index contributed by atoms with van der Waals surface area (Å²) in [7, 11) is 0. The maximum absolute atomic E-state index is 12.7. The van der Waals surface area contributed by atoms with E-state index in [0.29, 0.717) is 9.33 Å². The van der Waals surface area contributed by atoms with Gasteiger partial charge in [0.1, 0.15) is 0 Å². The van der Waals surface area contributed by atoms with Crippen LogP contribution in [0.25, 0.3) is 0 Å². The van der Waals surface area contributed by atoms with Gasteiger partial charge in [-0.05, 0) is 38.5 Å². The van der Waals surface area contributed by atoms with Crippen LogP contribution in [0.5, 0.6) is 0 Å². The van der Waals surface area contributed by atoms with Crippen molar-refractivity contribution in [3.63, 3.8) is 0 Å². The maximum atomic E-state index is 12.7. The predicted octanol–water partition coefficient (Wildman–Crippen LogP) is 2.37. The summed E-state index contributed by atoms with van der Waals surface area (Å²) in [5, 5.41) is 0. The first-order valence-corrected chi connectivity index (χ1v) is 7.78. The zero-order valence-corrected chi connectivity index (χ0v) is 12.4. The number of hydrogen-bond acceptors (Lipinski definition) is 2. The van der Waals surface area contributed by atoms with Crippen molar-refractivity contribution in [2.75, 3.05) is 26.3 Å². The summed E-state index contributed by atoms with van der Waals surface area (Å²) < 4.78 is 5.85. The van der Waals surface area contributed by atoms with Crippen molar-refractivity contribution in [3.8, 4) is 0 Å². The lowest BCUT2D eigenvalue weighted by molar-refractivity contribution is -0.151. The Balaban J connectivity index is 1.73. The number of nitrogens with zero attached hydrogens (tertiary/aromatic N) is 1. The largest absolute Gasteiger partial charge is 0.378 e. The molecule has 0 atom stereocenters. The van der Waals surface area contributed by atoms with Crippen molar-refractivity contribution < 1.29 is 9.53 Å². The van der Waals surface area contributed by atoms with Gasteiger partial charge < -0.3 is 9.64 Å². The van der Waals surface area contributed by atoms with Crippen LogP contribution >= 0.6 is 22.6 Å². The lowest BCUT2D eigenvalue weighted by atomic mass is 9.60. The summed E-state index contributed by atoms with van der Waals surface area (Å²) in [6.07, 6.45) is 7.07. The van der Waals surface area contributed by atoms with Gasteiger partial charge >= 0.3 is 0 Å². The fourth-order valence-corrected chi connectivity index (χ4v) is 4.37. The molecule has 4 rings (SSSR count). The number of rotatable bonds is 1. The minimum atomic E-state index is 0.00423. The van der Waals surface area contributed by atoms with Crippen molar-refractivity contribution in [2.24, 2.45) is 5.41 Å². The van der Waals surface area contributed by atoms with Crippen LogP contribution in [-0.4, -0.2) is 40.5 Å². The number of alkyl halides is 1. The quantitative estimate of drug-likeness (QED) is 0.537. The third-order valence-corrected chi connectivity index (χ3v) is 6.52. The molecule has 0 spiro atoms. The minimum Gasteiger partial charge on any atom is -0.378 e. The Labute approximate surface area is 116 Å². The average Bonchev–Trinajstić information content (AvgIpc) is 2.40. The number of halogens is 1. The number of morpholine rings is 1. The molecule has 1 amide bonds. The standard InChI is InChI=1S/C13H20INO2/c14-13-4-1-12(2-5-13,3-6-13)11(16)15-7-9-17-10-8-15/h1-10H2. The van der Waals surface area contributed by atoms with E-state index in [2.05, 4.69) is 27.5 Å². The normalized spacial score (nSPS) is 41.6. The first-order chi connectivity index (χ1) is 8.14. The monoisotopic (exact) mass is 349 g/mol. The second kappa shape index (κ2) is 4.37. The summed E-state index contributed by atoms with van der Waals surface area (Å²) in [6.45, 7) is 3.04. The molecule has 0 aromatic carbocycles. The van der Waals surface area contributed by atoms with Gasteiger partial charge in [0.2, 0.25) is 5.91 Å². The Morgan fingerprint density at radius 3 is 2.06 bits per heavy atom. The van der Waals surface area contributed by atoms with Crippen LogP contribution in [-0.2, 0) is 9.53 Å². The number of carbonyl (C=O) groups excluding carboxylic acids is 1. The van der Waals surface area contributed by atoms with Crippen LogP contribution in [0.2, 0.25) is 0 Å². The highest BCUT2D eigenvalue weighted by atomic mass is 127. The number of amides is 1. The van der Waals surface area contributed by atoms with Gasteiger partial charge in [-0.2, -0.15) is 0 Å². The van der Waals surface area contributed by atoms with Gasteiger partial charge in [-0.1, -0.05) is 22.6 Å². The van der Waals surface area contributed by atoms with Crippen LogP contribution in [0.4, 0.5) is 0 Å². The molecule has 4 fully saturated rings. The fraction of sp³-hybridized carbons (Fsp3) is 0.923. The molecule has 96 valence electrons. The number of fused-ring (bicyclic) bond motifs is 3. The molecule has 17 heavy (non-hydrogen) atoms. The molecule has 1 saturated heterocycles. The third kappa shape index (κ3) is 2.11. The van der Waals surface area contributed by atoms with Crippen molar-refractivity contribution >= 4 is 28.5 Å². The van der Waals surface area contributed by atoms with Gasteiger partial charge in [-0.3, -0.25) is 4.79 Å². The van der Waals surface area contributed by atoms with Crippen molar-refractivity contribution in [3.05, 3.63) is 0 Å². The first kappa shape index (κ1) is 12.2. The van der Waals surface area contributed by atoms with Crippen LogP contribution in [0, 0.1) is 5.41 Å². The molecule has 2 bridgehead atoms. The Morgan fingerprint density at radius 1 is 1.00 bits per heavy atom. The lowest BCUT2D eigenvalue weighted by Gasteiger charge is -2.51. The van der Waals surface area contributed by atoms with Crippen LogP contribution in [0.15, 0.2) is 0 Å². The molecule has 0 aromatic rings. The molecule has 0 radical (unpaired) electrons. The van der Waals surface area contributed by atoms with Gasteiger partial charge in [0, 0.05) is 21.9 Å². The molecule has 3 aliphatic carbocycles. The second-order valence-electron chi connectivity index (χ2n) is 5.84. The highest BCUT2D eigenvalue weighted by Crippen LogP contribution is 2.56. The Hall–Kier alpha value is 0.160. The minimum absolute atomic E-state index is 0.00423. The summed E-state index contributed by atoms with van der Waals surface area (Å²) in [5.74, 6) is 0.430. The summed E-state index contributed by atoms with van der Waals surface area (Å²) in [6, 6.07) is 0. The number of hydrogen-bond donors (Lipinski definition) is 0. The van der Waals surface area contributed by atoms with Gasteiger partial charge in [0.05, 0.1) is 13.2 Å². The van der Waals surface area contributed by atoms with E-state index in [1.54, 1.807) is 0 Å². The van der Waals surface area contributed by atoms with E-state index in [-0.39, 0.29) is 5.41 Å². The molecule has 0 aromatic heterocycles. The fourth-order valence-electron chi connectivity index (χ4n) is 3.56. The van der Waals surface area contributed by atoms with E-state index in [1.165, 1.54) is 19.3 Å². The van der Waals surface area contributed by atoms with Gasteiger partial charge in [-0.15, -0.1) is 0 Å². The van der Waals surface area contributed by atoms with E-state index in [0.717, 1.165) is 45.6 Å². The van der Waals surface area contributed by atoms with Crippen LogP contribution in [0.1, 0.15) is 38.5 Å². The van der Waals surface area contributed by atoms with E-state index < -0.39 is 0 Å². The van der Waals surface area contributed by atoms with Crippen LogP contribution < -0.4 is 0 Å². The van der Waals surface area contributed by atoms with Crippen LogP contribution in [0.3, 0.4) is 0 Å². The topological polar surface area (TPSA) is 29.5 Å². The molecule has 3 saturated carbocycles. The molecule has 4 aliphatic rings. The van der Waals surface area contributed by atoms with Crippen molar-refractivity contribution in [1.82, 2.24) is 4.90 Å². The summed E-state index contributed by atoms with van der Waals surface area (Å²) in [5.41, 5.74) is 0.00423. The third-order valence-electron chi connectivity index (χ3n) is 4.91. The molecular formula is C13H20INO2. The highest BCUT2D eigenvalue weighted by Gasteiger charge is 2.52. The molecule has 1 heterocycles. The Kier molecular flexibility index (Phi) is 3.14. The molecule has 0 unspecified atom stereocenters. The van der Waals surface area contributed by atoms with Crippen molar-refractivity contribution in [1.29, 1.82) is 0 Å². The van der Waals surface area contributed by atoms with Crippen molar-refractivity contribution in [2.45, 2.75) is 41.9 Å².